The summed E-state index contributed by atoms with van der Waals surface area (Å²) in [6.07, 6.45) is 1.53. The Bertz CT molecular complexity index is 620. The van der Waals surface area contributed by atoms with E-state index in [0.29, 0.717) is 38.0 Å². The molecule has 0 radical (unpaired) electrons. The Balaban J connectivity index is 1.66. The molecule has 2 aliphatic heterocycles. The molecule has 1 atom stereocenters. The van der Waals surface area contributed by atoms with Crippen molar-refractivity contribution >= 4 is 11.8 Å². The van der Waals surface area contributed by atoms with Crippen LogP contribution in [0.1, 0.15) is 30.4 Å². The Labute approximate surface area is 134 Å². The molecule has 5 nitrogen and oxygen atoms in total. The van der Waals surface area contributed by atoms with Gasteiger partial charge < -0.3 is 14.9 Å². The summed E-state index contributed by atoms with van der Waals surface area (Å²) in [6, 6.07) is 4.92. The van der Waals surface area contributed by atoms with Crippen LogP contribution in [0.2, 0.25) is 0 Å². The number of benzene rings is 1. The van der Waals surface area contributed by atoms with E-state index < -0.39 is 6.10 Å². The van der Waals surface area contributed by atoms with Crippen molar-refractivity contribution in [3.05, 3.63) is 35.1 Å². The molecule has 1 aromatic rings. The molecule has 1 saturated heterocycles. The van der Waals surface area contributed by atoms with Gasteiger partial charge in [0, 0.05) is 19.6 Å². The van der Waals surface area contributed by atoms with Crippen LogP contribution in [-0.2, 0) is 22.6 Å². The first-order valence-electron chi connectivity index (χ1n) is 8.07. The lowest BCUT2D eigenvalue weighted by Crippen LogP contribution is -2.46. The van der Waals surface area contributed by atoms with E-state index in [4.69, 9.17) is 0 Å². The van der Waals surface area contributed by atoms with Crippen molar-refractivity contribution in [1.82, 2.24) is 9.80 Å². The molecule has 0 spiro atoms. The third-order valence-electron chi connectivity index (χ3n) is 4.64. The zero-order valence-electron chi connectivity index (χ0n) is 13.0. The quantitative estimate of drug-likeness (QED) is 0.887. The van der Waals surface area contributed by atoms with Crippen molar-refractivity contribution in [3.63, 3.8) is 0 Å². The van der Waals surface area contributed by atoms with Gasteiger partial charge in [-0.1, -0.05) is 12.1 Å². The smallest absolute Gasteiger partial charge is 0.251 e. The average Bonchev–Trinajstić information content (AvgIpc) is 2.70. The Kier molecular flexibility index (Phi) is 4.61. The highest BCUT2D eigenvalue weighted by atomic mass is 19.1. The Hall–Kier alpha value is -1.95. The Morgan fingerprint density at radius 3 is 2.96 bits per heavy atom. The molecule has 1 fully saturated rings. The fourth-order valence-electron chi connectivity index (χ4n) is 3.28. The van der Waals surface area contributed by atoms with Crippen LogP contribution in [0.25, 0.3) is 0 Å². The van der Waals surface area contributed by atoms with Gasteiger partial charge in [0.05, 0.1) is 6.54 Å². The van der Waals surface area contributed by atoms with Gasteiger partial charge in [-0.25, -0.2) is 4.39 Å². The predicted molar refractivity (Wildman–Crippen MR) is 82.0 cm³/mol. The zero-order valence-corrected chi connectivity index (χ0v) is 13.0. The largest absolute Gasteiger partial charge is 0.383 e. The lowest BCUT2D eigenvalue weighted by atomic mass is 9.99. The van der Waals surface area contributed by atoms with Gasteiger partial charge in [0.2, 0.25) is 5.91 Å². The molecular weight excluding hydrogens is 299 g/mol. The standard InChI is InChI=1S/C17H21FN2O3/c18-14-5-3-4-12-10-19(9-7-13(12)14)16(22)11-20-8-2-1-6-15(21)17(20)23/h3-5,15,21H,1-2,6-11H2. The Morgan fingerprint density at radius 1 is 1.30 bits per heavy atom. The maximum atomic E-state index is 13.7. The van der Waals surface area contributed by atoms with Crippen molar-refractivity contribution in [2.24, 2.45) is 0 Å². The SMILES string of the molecule is O=C(CN1CCCCC(O)C1=O)N1CCc2c(F)cccc2C1. The highest BCUT2D eigenvalue weighted by Gasteiger charge is 2.29. The minimum atomic E-state index is -0.999. The second-order valence-electron chi connectivity index (χ2n) is 6.21. The number of fused-ring (bicyclic) bond motifs is 1. The van der Waals surface area contributed by atoms with Gasteiger partial charge >= 0.3 is 0 Å². The summed E-state index contributed by atoms with van der Waals surface area (Å²) in [5.74, 6) is -0.734. The van der Waals surface area contributed by atoms with Crippen LogP contribution >= 0.6 is 0 Å². The number of hydrogen-bond donors (Lipinski definition) is 1. The summed E-state index contributed by atoms with van der Waals surface area (Å²) in [7, 11) is 0. The van der Waals surface area contributed by atoms with Crippen LogP contribution < -0.4 is 0 Å². The fourth-order valence-corrected chi connectivity index (χ4v) is 3.28. The number of hydrogen-bond acceptors (Lipinski definition) is 3. The summed E-state index contributed by atoms with van der Waals surface area (Å²) in [6.45, 7) is 1.31. The van der Waals surface area contributed by atoms with Crippen molar-refractivity contribution in [2.75, 3.05) is 19.6 Å². The van der Waals surface area contributed by atoms with E-state index in [9.17, 15) is 19.1 Å². The van der Waals surface area contributed by atoms with Gasteiger partial charge in [-0.15, -0.1) is 0 Å². The fraction of sp³-hybridized carbons (Fsp3) is 0.529. The van der Waals surface area contributed by atoms with Crippen molar-refractivity contribution in [3.8, 4) is 0 Å². The lowest BCUT2D eigenvalue weighted by Gasteiger charge is -2.31. The van der Waals surface area contributed by atoms with Crippen LogP contribution in [0.5, 0.6) is 0 Å². The van der Waals surface area contributed by atoms with Crippen LogP contribution in [0.15, 0.2) is 18.2 Å². The molecule has 2 heterocycles. The van der Waals surface area contributed by atoms with E-state index in [1.807, 2.05) is 6.07 Å². The zero-order chi connectivity index (χ0) is 16.4. The number of carbonyl (C=O) groups is 2. The van der Waals surface area contributed by atoms with Crippen molar-refractivity contribution < 1.29 is 19.1 Å². The average molecular weight is 320 g/mol. The topological polar surface area (TPSA) is 60.9 Å². The molecule has 2 amide bonds. The van der Waals surface area contributed by atoms with E-state index >= 15 is 0 Å². The molecule has 0 bridgehead atoms. The van der Waals surface area contributed by atoms with E-state index in [1.54, 1.807) is 11.0 Å². The highest BCUT2D eigenvalue weighted by molar-refractivity contribution is 5.87. The minimum absolute atomic E-state index is 0.0134. The van der Waals surface area contributed by atoms with E-state index in [0.717, 1.165) is 18.4 Å². The summed E-state index contributed by atoms with van der Waals surface area (Å²) in [5.41, 5.74) is 1.50. The van der Waals surface area contributed by atoms with Gasteiger partial charge in [0.1, 0.15) is 11.9 Å². The molecule has 2 aliphatic rings. The van der Waals surface area contributed by atoms with Crippen molar-refractivity contribution in [1.29, 1.82) is 0 Å². The first-order chi connectivity index (χ1) is 11.1. The summed E-state index contributed by atoms with van der Waals surface area (Å²) in [5, 5.41) is 9.75. The molecule has 124 valence electrons. The van der Waals surface area contributed by atoms with Gasteiger partial charge in [0.25, 0.3) is 5.91 Å². The minimum Gasteiger partial charge on any atom is -0.383 e. The molecule has 0 aliphatic carbocycles. The van der Waals surface area contributed by atoms with Crippen LogP contribution in [-0.4, -0.2) is 52.5 Å². The molecule has 0 aromatic heterocycles. The van der Waals surface area contributed by atoms with Gasteiger partial charge in [0.15, 0.2) is 0 Å². The lowest BCUT2D eigenvalue weighted by molar-refractivity contribution is -0.145. The third-order valence-corrected chi connectivity index (χ3v) is 4.64. The van der Waals surface area contributed by atoms with E-state index in [-0.39, 0.29) is 24.2 Å². The summed E-state index contributed by atoms with van der Waals surface area (Å²) in [4.78, 5) is 27.6. The van der Waals surface area contributed by atoms with E-state index in [2.05, 4.69) is 0 Å². The molecule has 0 saturated carbocycles. The number of aliphatic hydroxyl groups is 1. The number of likely N-dealkylation sites (tertiary alicyclic amines) is 1. The van der Waals surface area contributed by atoms with Crippen LogP contribution in [0, 0.1) is 5.82 Å². The van der Waals surface area contributed by atoms with Crippen LogP contribution in [0.4, 0.5) is 4.39 Å². The molecule has 6 heteroatoms. The van der Waals surface area contributed by atoms with Gasteiger partial charge in [-0.3, -0.25) is 9.59 Å². The first-order valence-corrected chi connectivity index (χ1v) is 8.07. The number of aliphatic hydroxyl groups excluding tert-OH is 1. The van der Waals surface area contributed by atoms with E-state index in [1.165, 1.54) is 11.0 Å². The normalized spacial score (nSPS) is 21.8. The van der Waals surface area contributed by atoms with Gasteiger partial charge in [-0.2, -0.15) is 0 Å². The maximum Gasteiger partial charge on any atom is 0.251 e. The third kappa shape index (κ3) is 3.37. The van der Waals surface area contributed by atoms with Crippen molar-refractivity contribution in [2.45, 2.75) is 38.3 Å². The molecule has 1 N–H and O–H groups in total. The maximum absolute atomic E-state index is 13.7. The summed E-state index contributed by atoms with van der Waals surface area (Å²) >= 11 is 0. The number of nitrogens with zero attached hydrogens (tertiary/aromatic N) is 2. The van der Waals surface area contributed by atoms with Gasteiger partial charge in [-0.05, 0) is 42.9 Å². The monoisotopic (exact) mass is 320 g/mol. The number of amides is 2. The molecule has 1 aromatic carbocycles. The highest BCUT2D eigenvalue weighted by Crippen LogP contribution is 2.22. The molecular formula is C17H21FN2O3. The Morgan fingerprint density at radius 2 is 2.13 bits per heavy atom. The molecule has 3 rings (SSSR count). The number of carbonyl (C=O) groups excluding carboxylic acids is 2. The molecule has 1 unspecified atom stereocenters. The number of rotatable bonds is 2. The van der Waals surface area contributed by atoms with Crippen LogP contribution in [0.3, 0.4) is 0 Å². The molecule has 23 heavy (non-hydrogen) atoms. The first kappa shape index (κ1) is 15.9. The predicted octanol–water partition coefficient (Wildman–Crippen LogP) is 1.08. The number of halogens is 1. The summed E-state index contributed by atoms with van der Waals surface area (Å²) < 4.78 is 13.7. The second-order valence-corrected chi connectivity index (χ2v) is 6.21. The second kappa shape index (κ2) is 6.66.